The van der Waals surface area contributed by atoms with Crippen molar-refractivity contribution in [1.29, 1.82) is 0 Å². The smallest absolute Gasteiger partial charge is 0.332 e. The number of carbonyl (C=O) groups excluding carboxylic acids is 1. The lowest BCUT2D eigenvalue weighted by molar-refractivity contribution is -0.340. The predicted octanol–water partition coefficient (Wildman–Crippen LogP) is -4.78. The Bertz CT molecular complexity index is 487. The molecule has 2 heterocycles. The van der Waals surface area contributed by atoms with Crippen molar-refractivity contribution in [3.8, 4) is 0 Å². The second-order valence-corrected chi connectivity index (χ2v) is 6.46. The van der Waals surface area contributed by atoms with E-state index in [1.54, 1.807) is 0 Å². The minimum absolute atomic E-state index is 0.527. The van der Waals surface area contributed by atoms with Gasteiger partial charge in [0, 0.05) is 0 Å². The molecule has 0 amide bonds. The molecule has 5 unspecified atom stereocenters. The molecule has 2 aliphatic heterocycles. The Balaban J connectivity index is 2.09. The Morgan fingerprint density at radius 3 is 2.00 bits per heavy atom. The summed E-state index contributed by atoms with van der Waals surface area (Å²) in [5, 5.41) is 67.9. The number of aliphatic hydroxyl groups is 7. The summed E-state index contributed by atoms with van der Waals surface area (Å²) in [5.41, 5.74) is 0. The monoisotopic (exact) mass is 398 g/mol. The molecular weight excluding hydrogens is 372 g/mol. The van der Waals surface area contributed by atoms with Crippen LogP contribution in [0.5, 0.6) is 0 Å². The van der Waals surface area contributed by atoms with Gasteiger partial charge in [0.25, 0.3) is 0 Å². The van der Waals surface area contributed by atoms with Crippen molar-refractivity contribution in [3.05, 3.63) is 0 Å². The van der Waals surface area contributed by atoms with Gasteiger partial charge in [-0.2, -0.15) is 0 Å². The maximum absolute atomic E-state index is 11.2. The van der Waals surface area contributed by atoms with Crippen LogP contribution in [0.25, 0.3) is 0 Å². The van der Waals surface area contributed by atoms with Gasteiger partial charge in [-0.3, -0.25) is 0 Å². The zero-order valence-electron chi connectivity index (χ0n) is 14.6. The fraction of sp³-hybridized carbons (Fsp3) is 0.933. The summed E-state index contributed by atoms with van der Waals surface area (Å²) in [6.07, 6.45) is -13.7. The first kappa shape index (κ1) is 22.4. The van der Waals surface area contributed by atoms with Gasteiger partial charge in [-0.25, -0.2) is 4.79 Å². The molecule has 7 N–H and O–H groups in total. The van der Waals surface area contributed by atoms with E-state index in [0.717, 1.165) is 0 Å². The van der Waals surface area contributed by atoms with E-state index in [1.165, 1.54) is 6.92 Å². The number of esters is 1. The topological polar surface area (TPSA) is 196 Å². The lowest BCUT2D eigenvalue weighted by Crippen LogP contribution is -2.64. The normalized spacial score (nSPS) is 45.5. The van der Waals surface area contributed by atoms with E-state index < -0.39 is 87.0 Å². The van der Waals surface area contributed by atoms with E-state index in [1.807, 2.05) is 0 Å². The Kier molecular flexibility index (Phi) is 7.88. The SMILES string of the molecule is CC1OC(CO)[C@@H](O)C(O)[C@@H]1O[C@@H]1OC(CO)[C@@H](OC(=O)CO)C(O)[C@@H]1O. The Labute approximate surface area is 154 Å². The van der Waals surface area contributed by atoms with Crippen molar-refractivity contribution >= 4 is 5.97 Å². The van der Waals surface area contributed by atoms with Crippen molar-refractivity contribution in [2.75, 3.05) is 19.8 Å². The molecule has 158 valence electrons. The Morgan fingerprint density at radius 2 is 1.44 bits per heavy atom. The van der Waals surface area contributed by atoms with Gasteiger partial charge in [0.2, 0.25) is 0 Å². The van der Waals surface area contributed by atoms with Crippen LogP contribution < -0.4 is 0 Å². The van der Waals surface area contributed by atoms with Crippen LogP contribution >= 0.6 is 0 Å². The average Bonchev–Trinajstić information content (AvgIpc) is 2.66. The van der Waals surface area contributed by atoms with Crippen LogP contribution in [0.4, 0.5) is 0 Å². The fourth-order valence-corrected chi connectivity index (χ4v) is 3.12. The summed E-state index contributed by atoms with van der Waals surface area (Å²) in [7, 11) is 0. The Hall–Kier alpha value is -0.930. The summed E-state index contributed by atoms with van der Waals surface area (Å²) < 4.78 is 20.9. The van der Waals surface area contributed by atoms with Crippen LogP contribution in [0.1, 0.15) is 6.92 Å². The molecule has 0 bridgehead atoms. The summed E-state index contributed by atoms with van der Waals surface area (Å²) >= 11 is 0. The van der Waals surface area contributed by atoms with E-state index in [-0.39, 0.29) is 0 Å². The molecule has 10 atom stereocenters. The van der Waals surface area contributed by atoms with Crippen LogP contribution in [0.2, 0.25) is 0 Å². The third kappa shape index (κ3) is 4.74. The first-order chi connectivity index (χ1) is 12.7. The quantitative estimate of drug-likeness (QED) is 0.211. The minimum atomic E-state index is -1.74. The maximum atomic E-state index is 11.2. The predicted molar refractivity (Wildman–Crippen MR) is 83.0 cm³/mol. The summed E-state index contributed by atoms with van der Waals surface area (Å²) in [6.45, 7) is -0.698. The fourth-order valence-electron chi connectivity index (χ4n) is 3.12. The molecule has 0 aromatic carbocycles. The highest BCUT2D eigenvalue weighted by molar-refractivity contribution is 5.70. The lowest BCUT2D eigenvalue weighted by Gasteiger charge is -2.46. The van der Waals surface area contributed by atoms with Gasteiger partial charge < -0.3 is 54.7 Å². The molecule has 0 spiro atoms. The van der Waals surface area contributed by atoms with Crippen LogP contribution in [-0.2, 0) is 23.7 Å². The maximum Gasteiger partial charge on any atom is 0.332 e. The number of rotatable bonds is 6. The van der Waals surface area contributed by atoms with Crippen molar-refractivity contribution in [3.63, 3.8) is 0 Å². The van der Waals surface area contributed by atoms with Crippen molar-refractivity contribution in [2.24, 2.45) is 0 Å². The first-order valence-electron chi connectivity index (χ1n) is 8.45. The van der Waals surface area contributed by atoms with Crippen molar-refractivity contribution in [1.82, 2.24) is 0 Å². The van der Waals surface area contributed by atoms with E-state index in [9.17, 15) is 30.3 Å². The van der Waals surface area contributed by atoms with E-state index >= 15 is 0 Å². The standard InChI is InChI=1S/C15H26O12/c1-5-13(10(21)9(20)6(2-16)24-5)27-15-12(23)11(22)14(7(3-17)25-15)26-8(19)4-18/h5-7,9-18,20-23H,2-4H2,1H3/t5?,6?,7?,9-,10?,11?,12+,13-,14-,15+/m1/s1. The van der Waals surface area contributed by atoms with E-state index in [0.29, 0.717) is 0 Å². The molecule has 0 aromatic rings. The number of carbonyl (C=O) groups is 1. The molecular formula is C15H26O12. The highest BCUT2D eigenvalue weighted by Gasteiger charge is 2.50. The number of aliphatic hydroxyl groups excluding tert-OH is 7. The van der Waals surface area contributed by atoms with Gasteiger partial charge in [-0.1, -0.05) is 0 Å². The van der Waals surface area contributed by atoms with Crippen molar-refractivity contribution < 1.29 is 59.5 Å². The molecule has 0 radical (unpaired) electrons. The lowest BCUT2D eigenvalue weighted by atomic mass is 9.95. The highest BCUT2D eigenvalue weighted by atomic mass is 16.7. The zero-order chi connectivity index (χ0) is 20.3. The number of hydrogen-bond donors (Lipinski definition) is 7. The van der Waals surface area contributed by atoms with Crippen molar-refractivity contribution in [2.45, 2.75) is 68.1 Å². The van der Waals surface area contributed by atoms with Gasteiger partial charge in [-0.15, -0.1) is 0 Å². The molecule has 2 saturated heterocycles. The summed E-state index contributed by atoms with van der Waals surface area (Å²) in [6, 6.07) is 0. The third-order valence-electron chi connectivity index (χ3n) is 4.61. The number of ether oxygens (including phenoxy) is 4. The Morgan fingerprint density at radius 1 is 0.852 bits per heavy atom. The molecule has 2 aliphatic rings. The van der Waals surface area contributed by atoms with Gasteiger partial charge >= 0.3 is 5.97 Å². The summed E-state index contributed by atoms with van der Waals surface area (Å²) in [4.78, 5) is 11.2. The molecule has 0 saturated carbocycles. The van der Waals surface area contributed by atoms with Crippen LogP contribution in [0, 0.1) is 0 Å². The van der Waals surface area contributed by atoms with Crippen LogP contribution in [0.3, 0.4) is 0 Å². The largest absolute Gasteiger partial charge is 0.455 e. The van der Waals surface area contributed by atoms with E-state index in [2.05, 4.69) is 0 Å². The van der Waals surface area contributed by atoms with Crippen LogP contribution in [-0.4, -0.2) is 123 Å². The zero-order valence-corrected chi connectivity index (χ0v) is 14.6. The third-order valence-corrected chi connectivity index (χ3v) is 4.61. The average molecular weight is 398 g/mol. The molecule has 2 fully saturated rings. The summed E-state index contributed by atoms with van der Waals surface area (Å²) in [5.74, 6) is -1.09. The number of hydrogen-bond acceptors (Lipinski definition) is 12. The molecule has 12 heteroatoms. The van der Waals surface area contributed by atoms with E-state index in [4.69, 9.17) is 29.2 Å². The minimum Gasteiger partial charge on any atom is -0.455 e. The highest BCUT2D eigenvalue weighted by Crippen LogP contribution is 2.29. The molecule has 0 aromatic heterocycles. The van der Waals surface area contributed by atoms with Gasteiger partial charge in [0.1, 0.15) is 49.3 Å². The second-order valence-electron chi connectivity index (χ2n) is 6.46. The van der Waals surface area contributed by atoms with Gasteiger partial charge in [0.05, 0.1) is 19.3 Å². The molecule has 0 aliphatic carbocycles. The molecule has 2 rings (SSSR count). The molecule has 27 heavy (non-hydrogen) atoms. The van der Waals surface area contributed by atoms with Gasteiger partial charge in [0.15, 0.2) is 12.4 Å². The second kappa shape index (κ2) is 9.52. The van der Waals surface area contributed by atoms with Crippen LogP contribution in [0.15, 0.2) is 0 Å². The molecule has 12 nitrogen and oxygen atoms in total. The van der Waals surface area contributed by atoms with Gasteiger partial charge in [-0.05, 0) is 6.92 Å². The first-order valence-corrected chi connectivity index (χ1v) is 8.45.